The van der Waals surface area contributed by atoms with Crippen LogP contribution >= 0.6 is 0 Å². The maximum Gasteiger partial charge on any atom is 0.201 e. The molecule has 0 atom stereocenters. The van der Waals surface area contributed by atoms with Crippen molar-refractivity contribution in [2.24, 2.45) is 11.8 Å². The first-order valence-corrected chi connectivity index (χ1v) is 11.1. The average molecular weight is 433 g/mol. The van der Waals surface area contributed by atoms with Crippen molar-refractivity contribution < 1.29 is 22.3 Å². The summed E-state index contributed by atoms with van der Waals surface area (Å²) >= 11 is 0. The molecule has 0 unspecified atom stereocenters. The van der Waals surface area contributed by atoms with E-state index in [0.717, 1.165) is 31.6 Å². The van der Waals surface area contributed by atoms with Gasteiger partial charge in [0.05, 0.1) is 12.2 Å². The number of hydrogen-bond acceptors (Lipinski definition) is 1. The standard InChI is InChI=1S/C26H28F4O/c1-3-5-17-6-8-18(9-7-17)10-11-19-12-13-20(24(28)23(19)27)21-14-15-22(31-16-4-2)26(30)25(21)29/h12-15,17-18H,3-9,16H2,1-2H3. The third-order valence-corrected chi connectivity index (χ3v) is 5.84. The molecule has 1 fully saturated rings. The molecule has 0 bridgehead atoms. The topological polar surface area (TPSA) is 9.23 Å². The second kappa shape index (κ2) is 10.7. The summed E-state index contributed by atoms with van der Waals surface area (Å²) in [5.41, 5.74) is -0.770. The molecule has 1 aliphatic carbocycles. The van der Waals surface area contributed by atoms with E-state index >= 15 is 0 Å². The molecule has 0 N–H and O–H groups in total. The first-order chi connectivity index (χ1) is 15.0. The zero-order chi connectivity index (χ0) is 22.4. The summed E-state index contributed by atoms with van der Waals surface area (Å²) in [5.74, 6) is 1.63. The molecule has 0 amide bonds. The van der Waals surface area contributed by atoms with Crippen molar-refractivity contribution in [3.63, 3.8) is 0 Å². The highest BCUT2D eigenvalue weighted by molar-refractivity contribution is 5.67. The Hall–Kier alpha value is -2.48. The van der Waals surface area contributed by atoms with Gasteiger partial charge in [-0.15, -0.1) is 0 Å². The van der Waals surface area contributed by atoms with Crippen LogP contribution in [0.4, 0.5) is 17.6 Å². The van der Waals surface area contributed by atoms with Gasteiger partial charge in [-0.1, -0.05) is 38.5 Å². The molecule has 5 heteroatoms. The summed E-state index contributed by atoms with van der Waals surface area (Å²) in [6.07, 6.45) is 7.21. The molecule has 31 heavy (non-hydrogen) atoms. The van der Waals surface area contributed by atoms with Gasteiger partial charge < -0.3 is 4.74 Å². The van der Waals surface area contributed by atoms with Crippen LogP contribution in [0.3, 0.4) is 0 Å². The van der Waals surface area contributed by atoms with Gasteiger partial charge in [0, 0.05) is 17.0 Å². The number of halogens is 4. The molecule has 0 spiro atoms. The Kier molecular flexibility index (Phi) is 8.01. The molecule has 2 aromatic carbocycles. The van der Waals surface area contributed by atoms with E-state index in [-0.39, 0.29) is 35.0 Å². The Morgan fingerprint density at radius 2 is 1.45 bits per heavy atom. The fourth-order valence-corrected chi connectivity index (χ4v) is 4.10. The lowest BCUT2D eigenvalue weighted by atomic mass is 9.80. The van der Waals surface area contributed by atoms with Crippen LogP contribution in [0.2, 0.25) is 0 Å². The number of hydrogen-bond donors (Lipinski definition) is 0. The summed E-state index contributed by atoms with van der Waals surface area (Å²) in [4.78, 5) is 0. The molecular formula is C26H28F4O. The third kappa shape index (κ3) is 5.42. The minimum Gasteiger partial charge on any atom is -0.490 e. The van der Waals surface area contributed by atoms with Crippen LogP contribution < -0.4 is 4.74 Å². The Morgan fingerprint density at radius 3 is 2.10 bits per heavy atom. The van der Waals surface area contributed by atoms with Crippen LogP contribution in [0.25, 0.3) is 11.1 Å². The number of ether oxygens (including phenoxy) is 1. The van der Waals surface area contributed by atoms with Crippen molar-refractivity contribution in [2.75, 3.05) is 6.61 Å². The molecule has 1 aliphatic rings. The molecule has 166 valence electrons. The molecular weight excluding hydrogens is 404 g/mol. The second-order valence-corrected chi connectivity index (χ2v) is 8.15. The van der Waals surface area contributed by atoms with Crippen molar-refractivity contribution in [2.45, 2.75) is 58.8 Å². The summed E-state index contributed by atoms with van der Waals surface area (Å²) in [6.45, 7) is 4.25. The molecule has 3 rings (SSSR count). The summed E-state index contributed by atoms with van der Waals surface area (Å²) in [5, 5.41) is 0. The van der Waals surface area contributed by atoms with Crippen LogP contribution in [0, 0.1) is 46.9 Å². The number of benzene rings is 2. The second-order valence-electron chi connectivity index (χ2n) is 8.15. The van der Waals surface area contributed by atoms with Gasteiger partial charge in [-0.25, -0.2) is 13.2 Å². The van der Waals surface area contributed by atoms with Crippen LogP contribution in [0.15, 0.2) is 24.3 Å². The highest BCUT2D eigenvalue weighted by atomic mass is 19.2. The quantitative estimate of drug-likeness (QED) is 0.336. The zero-order valence-corrected chi connectivity index (χ0v) is 18.0. The van der Waals surface area contributed by atoms with E-state index in [1.165, 1.54) is 37.1 Å². The minimum atomic E-state index is -1.27. The Labute approximate surface area is 181 Å². The fraction of sp³-hybridized carbons (Fsp3) is 0.462. The van der Waals surface area contributed by atoms with E-state index in [0.29, 0.717) is 6.42 Å². The Morgan fingerprint density at radius 1 is 0.806 bits per heavy atom. The van der Waals surface area contributed by atoms with E-state index in [1.54, 1.807) is 0 Å². The predicted molar refractivity (Wildman–Crippen MR) is 115 cm³/mol. The molecule has 0 aliphatic heterocycles. The molecule has 2 aromatic rings. The molecule has 1 nitrogen and oxygen atoms in total. The Bertz CT molecular complexity index is 966. The van der Waals surface area contributed by atoms with Crippen molar-refractivity contribution in [3.8, 4) is 28.7 Å². The van der Waals surface area contributed by atoms with Gasteiger partial charge in [0.15, 0.2) is 23.2 Å². The van der Waals surface area contributed by atoms with Gasteiger partial charge in [-0.2, -0.15) is 4.39 Å². The normalized spacial score (nSPS) is 18.4. The zero-order valence-electron chi connectivity index (χ0n) is 18.0. The SMILES string of the molecule is CCCOc1ccc(-c2ccc(C#CC3CCC(CCC)CC3)c(F)c2F)c(F)c1F. The first-order valence-electron chi connectivity index (χ1n) is 11.1. The van der Waals surface area contributed by atoms with E-state index < -0.39 is 23.3 Å². The predicted octanol–water partition coefficient (Wildman–Crippen LogP) is 7.66. The van der Waals surface area contributed by atoms with Gasteiger partial charge >= 0.3 is 0 Å². The third-order valence-electron chi connectivity index (χ3n) is 5.84. The summed E-state index contributed by atoms with van der Waals surface area (Å²) in [6, 6.07) is 4.98. The van der Waals surface area contributed by atoms with Gasteiger partial charge in [0.1, 0.15) is 0 Å². The molecule has 0 radical (unpaired) electrons. The van der Waals surface area contributed by atoms with E-state index in [9.17, 15) is 17.6 Å². The van der Waals surface area contributed by atoms with Crippen molar-refractivity contribution in [3.05, 3.63) is 53.1 Å². The van der Waals surface area contributed by atoms with E-state index in [4.69, 9.17) is 4.74 Å². The fourth-order valence-electron chi connectivity index (χ4n) is 4.10. The van der Waals surface area contributed by atoms with Crippen molar-refractivity contribution >= 4 is 0 Å². The lowest BCUT2D eigenvalue weighted by Crippen LogP contribution is -2.13. The lowest BCUT2D eigenvalue weighted by molar-refractivity contribution is 0.295. The smallest absolute Gasteiger partial charge is 0.201 e. The van der Waals surface area contributed by atoms with Gasteiger partial charge in [-0.05, 0) is 62.3 Å². The monoisotopic (exact) mass is 432 g/mol. The van der Waals surface area contributed by atoms with Gasteiger partial charge in [0.2, 0.25) is 5.82 Å². The van der Waals surface area contributed by atoms with Gasteiger partial charge in [-0.3, -0.25) is 0 Å². The van der Waals surface area contributed by atoms with Crippen LogP contribution in [0.5, 0.6) is 5.75 Å². The summed E-state index contributed by atoms with van der Waals surface area (Å²) < 4.78 is 63.2. The summed E-state index contributed by atoms with van der Waals surface area (Å²) in [7, 11) is 0. The van der Waals surface area contributed by atoms with Crippen LogP contribution in [0.1, 0.15) is 64.4 Å². The minimum absolute atomic E-state index is 0.0688. The Balaban J connectivity index is 1.80. The maximum absolute atomic E-state index is 14.7. The maximum atomic E-state index is 14.7. The molecule has 0 aromatic heterocycles. The van der Waals surface area contributed by atoms with Gasteiger partial charge in [0.25, 0.3) is 0 Å². The number of rotatable bonds is 6. The molecule has 0 saturated heterocycles. The van der Waals surface area contributed by atoms with Crippen molar-refractivity contribution in [1.29, 1.82) is 0 Å². The highest BCUT2D eigenvalue weighted by Gasteiger charge is 2.22. The highest BCUT2D eigenvalue weighted by Crippen LogP contribution is 2.34. The molecule has 1 saturated carbocycles. The largest absolute Gasteiger partial charge is 0.490 e. The molecule has 0 heterocycles. The van der Waals surface area contributed by atoms with E-state index in [2.05, 4.69) is 18.8 Å². The van der Waals surface area contributed by atoms with Crippen LogP contribution in [-0.2, 0) is 0 Å². The first kappa shape index (κ1) is 23.2. The van der Waals surface area contributed by atoms with E-state index in [1.807, 2.05) is 6.92 Å². The van der Waals surface area contributed by atoms with Crippen LogP contribution in [-0.4, -0.2) is 6.61 Å². The van der Waals surface area contributed by atoms with Crippen molar-refractivity contribution in [1.82, 2.24) is 0 Å². The average Bonchev–Trinajstić information content (AvgIpc) is 2.77. The lowest BCUT2D eigenvalue weighted by Gasteiger charge is -2.25.